The summed E-state index contributed by atoms with van der Waals surface area (Å²) in [6, 6.07) is 6.88. The Morgan fingerprint density at radius 1 is 1.21 bits per heavy atom. The number of imide groups is 1. The zero-order valence-corrected chi connectivity index (χ0v) is 17.9. The van der Waals surface area contributed by atoms with E-state index in [1.807, 2.05) is 32.0 Å². The van der Waals surface area contributed by atoms with Gasteiger partial charge in [0, 0.05) is 12.6 Å². The minimum Gasteiger partial charge on any atom is -0.338 e. The highest BCUT2D eigenvalue weighted by Crippen LogP contribution is 2.33. The molecule has 2 aromatic rings. The number of fused-ring (bicyclic) bond motifs is 1. The van der Waals surface area contributed by atoms with Crippen LogP contribution in [0.4, 0.5) is 4.79 Å². The highest BCUT2D eigenvalue weighted by Gasteiger charge is 2.26. The summed E-state index contributed by atoms with van der Waals surface area (Å²) in [7, 11) is 0. The van der Waals surface area contributed by atoms with E-state index in [1.165, 1.54) is 11.8 Å². The van der Waals surface area contributed by atoms with Gasteiger partial charge in [-0.3, -0.25) is 19.5 Å². The van der Waals surface area contributed by atoms with Crippen molar-refractivity contribution >= 4 is 34.6 Å². The standard InChI is InChI=1S/C21H28N4O3S/c1-13(2)12-22-20(28)24-18(26)14(3)29-21-23-17-11-7-6-10-16(17)19(27)25(21)15-8-4-5-9-15/h6-7,10-11,13-15H,4-5,8-9,12H2,1-3H3,(H2,22,24,26,28). The molecule has 0 radical (unpaired) electrons. The molecule has 1 aliphatic carbocycles. The second-order valence-electron chi connectivity index (χ2n) is 7.88. The molecule has 7 nitrogen and oxygen atoms in total. The molecule has 1 fully saturated rings. The van der Waals surface area contributed by atoms with Crippen molar-refractivity contribution in [2.75, 3.05) is 6.54 Å². The van der Waals surface area contributed by atoms with Crippen molar-refractivity contribution < 1.29 is 9.59 Å². The molecule has 1 atom stereocenters. The van der Waals surface area contributed by atoms with Crippen molar-refractivity contribution in [2.24, 2.45) is 5.92 Å². The van der Waals surface area contributed by atoms with Crippen LogP contribution in [0.5, 0.6) is 0 Å². The maximum atomic E-state index is 13.2. The number of nitrogens with zero attached hydrogens (tertiary/aromatic N) is 2. The predicted molar refractivity (Wildman–Crippen MR) is 115 cm³/mol. The minimum absolute atomic E-state index is 0.0627. The van der Waals surface area contributed by atoms with Crippen LogP contribution in [0.1, 0.15) is 52.5 Å². The largest absolute Gasteiger partial charge is 0.338 e. The van der Waals surface area contributed by atoms with E-state index in [-0.39, 0.29) is 11.6 Å². The number of urea groups is 1. The van der Waals surface area contributed by atoms with Crippen LogP contribution >= 0.6 is 11.8 Å². The van der Waals surface area contributed by atoms with E-state index in [4.69, 9.17) is 0 Å². The van der Waals surface area contributed by atoms with Crippen LogP contribution < -0.4 is 16.2 Å². The minimum atomic E-state index is -0.569. The van der Waals surface area contributed by atoms with Gasteiger partial charge in [0.25, 0.3) is 5.56 Å². The molecule has 1 unspecified atom stereocenters. The smallest absolute Gasteiger partial charge is 0.321 e. The summed E-state index contributed by atoms with van der Waals surface area (Å²) in [6.07, 6.45) is 4.04. The first-order valence-corrected chi connectivity index (χ1v) is 11.0. The Labute approximate surface area is 174 Å². The summed E-state index contributed by atoms with van der Waals surface area (Å²) in [5, 5.41) is 5.60. The lowest BCUT2D eigenvalue weighted by Crippen LogP contribution is -2.44. The number of carbonyl (C=O) groups excluding carboxylic acids is 2. The fourth-order valence-corrected chi connectivity index (χ4v) is 4.44. The summed E-state index contributed by atoms with van der Waals surface area (Å²) in [4.78, 5) is 42.2. The van der Waals surface area contributed by atoms with E-state index in [9.17, 15) is 14.4 Å². The molecule has 1 heterocycles. The number of para-hydroxylation sites is 1. The first kappa shape index (κ1) is 21.4. The van der Waals surface area contributed by atoms with Crippen LogP contribution in [0.3, 0.4) is 0 Å². The summed E-state index contributed by atoms with van der Waals surface area (Å²) in [5.74, 6) is -0.109. The number of rotatable bonds is 6. The van der Waals surface area contributed by atoms with Gasteiger partial charge >= 0.3 is 6.03 Å². The van der Waals surface area contributed by atoms with Gasteiger partial charge in [0.1, 0.15) is 0 Å². The van der Waals surface area contributed by atoms with E-state index in [0.29, 0.717) is 28.5 Å². The lowest BCUT2D eigenvalue weighted by atomic mass is 10.2. The Bertz CT molecular complexity index is 951. The number of benzene rings is 1. The summed E-state index contributed by atoms with van der Waals surface area (Å²) < 4.78 is 1.75. The van der Waals surface area contributed by atoms with Gasteiger partial charge in [-0.05, 0) is 37.8 Å². The van der Waals surface area contributed by atoms with Crippen LogP contribution in [0.2, 0.25) is 0 Å². The molecule has 1 saturated carbocycles. The van der Waals surface area contributed by atoms with Gasteiger partial charge in [-0.15, -0.1) is 0 Å². The molecule has 0 bridgehead atoms. The molecule has 1 aromatic heterocycles. The van der Waals surface area contributed by atoms with E-state index in [0.717, 1.165) is 25.7 Å². The molecule has 0 spiro atoms. The molecule has 156 valence electrons. The first-order chi connectivity index (χ1) is 13.9. The molecular weight excluding hydrogens is 388 g/mol. The van der Waals surface area contributed by atoms with Gasteiger partial charge in [-0.2, -0.15) is 0 Å². The van der Waals surface area contributed by atoms with Crippen molar-refractivity contribution in [3.63, 3.8) is 0 Å². The van der Waals surface area contributed by atoms with E-state index >= 15 is 0 Å². The lowest BCUT2D eigenvalue weighted by Gasteiger charge is -2.20. The van der Waals surface area contributed by atoms with Gasteiger partial charge in [-0.25, -0.2) is 9.78 Å². The number of hydrogen-bond donors (Lipinski definition) is 2. The summed E-state index contributed by atoms with van der Waals surface area (Å²) in [5.41, 5.74) is 0.559. The fraction of sp³-hybridized carbons (Fsp3) is 0.524. The van der Waals surface area contributed by atoms with E-state index in [1.54, 1.807) is 17.6 Å². The topological polar surface area (TPSA) is 93.1 Å². The normalized spacial score (nSPS) is 15.6. The Hall–Kier alpha value is -2.35. The average molecular weight is 417 g/mol. The molecule has 8 heteroatoms. The third-order valence-corrected chi connectivity index (χ3v) is 6.09. The molecule has 3 amide bonds. The molecule has 1 aromatic carbocycles. The molecule has 0 aliphatic heterocycles. The van der Waals surface area contributed by atoms with E-state index in [2.05, 4.69) is 15.6 Å². The number of amides is 3. The van der Waals surface area contributed by atoms with Crippen molar-refractivity contribution in [1.29, 1.82) is 0 Å². The first-order valence-electron chi connectivity index (χ1n) is 10.1. The van der Waals surface area contributed by atoms with Gasteiger partial charge in [0.2, 0.25) is 5.91 Å². The zero-order valence-electron chi connectivity index (χ0n) is 17.1. The molecule has 29 heavy (non-hydrogen) atoms. The number of thioether (sulfide) groups is 1. The molecular formula is C21H28N4O3S. The van der Waals surface area contributed by atoms with Gasteiger partial charge in [0.15, 0.2) is 5.16 Å². The Morgan fingerprint density at radius 2 is 1.90 bits per heavy atom. The summed E-state index contributed by atoms with van der Waals surface area (Å²) >= 11 is 1.22. The quantitative estimate of drug-likeness (QED) is 0.556. The molecule has 0 saturated heterocycles. The maximum Gasteiger partial charge on any atom is 0.321 e. The van der Waals surface area contributed by atoms with Crippen LogP contribution in [-0.4, -0.2) is 33.3 Å². The van der Waals surface area contributed by atoms with Crippen molar-refractivity contribution in [3.8, 4) is 0 Å². The number of hydrogen-bond acceptors (Lipinski definition) is 5. The summed E-state index contributed by atoms with van der Waals surface area (Å²) in [6.45, 7) is 6.17. The van der Waals surface area contributed by atoms with Gasteiger partial charge in [0.05, 0.1) is 16.2 Å². The molecule has 1 aliphatic rings. The number of nitrogens with one attached hydrogen (secondary N) is 2. The van der Waals surface area contributed by atoms with Gasteiger partial charge in [-0.1, -0.05) is 50.6 Å². The van der Waals surface area contributed by atoms with Crippen molar-refractivity contribution in [1.82, 2.24) is 20.2 Å². The van der Waals surface area contributed by atoms with Crippen LogP contribution in [-0.2, 0) is 4.79 Å². The van der Waals surface area contributed by atoms with Crippen molar-refractivity contribution in [3.05, 3.63) is 34.6 Å². The Morgan fingerprint density at radius 3 is 2.59 bits per heavy atom. The Kier molecular flexibility index (Phi) is 6.95. The van der Waals surface area contributed by atoms with Crippen LogP contribution in [0.25, 0.3) is 10.9 Å². The zero-order chi connectivity index (χ0) is 21.0. The fourth-order valence-electron chi connectivity index (χ4n) is 3.46. The maximum absolute atomic E-state index is 13.2. The monoisotopic (exact) mass is 416 g/mol. The third kappa shape index (κ3) is 5.18. The Balaban J connectivity index is 1.82. The second kappa shape index (κ2) is 9.43. The molecule has 3 rings (SSSR count). The van der Waals surface area contributed by atoms with E-state index < -0.39 is 17.2 Å². The number of aromatic nitrogens is 2. The highest BCUT2D eigenvalue weighted by atomic mass is 32.2. The third-order valence-electron chi connectivity index (χ3n) is 5.02. The lowest BCUT2D eigenvalue weighted by molar-refractivity contribution is -0.119. The highest BCUT2D eigenvalue weighted by molar-refractivity contribution is 8.00. The average Bonchev–Trinajstić information content (AvgIpc) is 3.20. The second-order valence-corrected chi connectivity index (χ2v) is 9.19. The predicted octanol–water partition coefficient (Wildman–Crippen LogP) is 3.47. The van der Waals surface area contributed by atoms with Crippen LogP contribution in [0, 0.1) is 5.92 Å². The van der Waals surface area contributed by atoms with Crippen LogP contribution in [0.15, 0.2) is 34.2 Å². The van der Waals surface area contributed by atoms with Gasteiger partial charge < -0.3 is 5.32 Å². The number of carbonyl (C=O) groups is 2. The SMILES string of the molecule is CC(C)CNC(=O)NC(=O)C(C)Sc1nc2ccccc2c(=O)n1C1CCCC1. The van der Waals surface area contributed by atoms with Crippen molar-refractivity contribution in [2.45, 2.75) is 62.9 Å². The molecule has 2 N–H and O–H groups in total.